The van der Waals surface area contributed by atoms with Crippen molar-refractivity contribution in [2.24, 2.45) is 5.92 Å². The van der Waals surface area contributed by atoms with Crippen LogP contribution in [0.5, 0.6) is 0 Å². The Morgan fingerprint density at radius 2 is 1.53 bits per heavy atom. The van der Waals surface area contributed by atoms with E-state index >= 15 is 0 Å². The second-order valence-electron chi connectivity index (χ2n) is 6.32. The van der Waals surface area contributed by atoms with E-state index in [-0.39, 0.29) is 12.0 Å². The van der Waals surface area contributed by atoms with E-state index in [4.69, 9.17) is 4.74 Å². The van der Waals surface area contributed by atoms with Crippen LogP contribution in [-0.4, -0.2) is 54.6 Å². The molecule has 0 aromatic carbocycles. The number of rotatable bonds is 5. The maximum atomic E-state index is 11.8. The molecule has 0 radical (unpaired) electrons. The van der Waals surface area contributed by atoms with Gasteiger partial charge in [0.2, 0.25) is 5.91 Å². The van der Waals surface area contributed by atoms with Gasteiger partial charge in [-0.25, -0.2) is 4.79 Å². The lowest BCUT2D eigenvalue weighted by Crippen LogP contribution is -2.40. The maximum Gasteiger partial charge on any atom is 0.410 e. The third kappa shape index (κ3) is 8.46. The summed E-state index contributed by atoms with van der Waals surface area (Å²) in [5, 5.41) is 0. The number of hydrogen-bond donors (Lipinski definition) is 0. The Morgan fingerprint density at radius 3 is 1.95 bits per heavy atom. The third-order valence-electron chi connectivity index (χ3n) is 2.48. The minimum atomic E-state index is -0.495. The standard InChI is InChI=1S/C14H28N2O3/c1-11(2)10-12(17)15(6)8-9-16(7)13(18)19-14(3,4)5/h11H,8-10H2,1-7H3. The second-order valence-corrected chi connectivity index (χ2v) is 6.32. The molecule has 5 nitrogen and oxygen atoms in total. The lowest BCUT2D eigenvalue weighted by atomic mass is 10.1. The van der Waals surface area contributed by atoms with Gasteiger partial charge in [0.15, 0.2) is 0 Å². The first-order chi connectivity index (χ1) is 8.53. The van der Waals surface area contributed by atoms with Crippen LogP contribution in [0.4, 0.5) is 4.79 Å². The third-order valence-corrected chi connectivity index (χ3v) is 2.48. The molecular weight excluding hydrogens is 244 g/mol. The van der Waals surface area contributed by atoms with Crippen molar-refractivity contribution in [2.75, 3.05) is 27.2 Å². The molecule has 0 unspecified atom stereocenters. The molecular formula is C14H28N2O3. The van der Waals surface area contributed by atoms with Crippen LogP contribution in [0.15, 0.2) is 0 Å². The summed E-state index contributed by atoms with van der Waals surface area (Å²) in [6.07, 6.45) is 0.171. The maximum absolute atomic E-state index is 11.8. The molecule has 2 amide bonds. The molecule has 0 aliphatic carbocycles. The molecule has 0 saturated carbocycles. The molecule has 112 valence electrons. The Balaban J connectivity index is 4.12. The van der Waals surface area contributed by atoms with Crippen molar-refractivity contribution in [3.63, 3.8) is 0 Å². The molecule has 0 fully saturated rings. The zero-order valence-corrected chi connectivity index (χ0v) is 13.3. The van der Waals surface area contributed by atoms with Crippen LogP contribution in [-0.2, 0) is 9.53 Å². The Hall–Kier alpha value is -1.26. The minimum Gasteiger partial charge on any atom is -0.444 e. The van der Waals surface area contributed by atoms with E-state index in [2.05, 4.69) is 0 Å². The summed E-state index contributed by atoms with van der Waals surface area (Å²) in [6.45, 7) is 10.5. The molecule has 0 aromatic heterocycles. The molecule has 0 saturated heterocycles. The molecule has 0 N–H and O–H groups in total. The van der Waals surface area contributed by atoms with E-state index < -0.39 is 5.60 Å². The SMILES string of the molecule is CC(C)CC(=O)N(C)CCN(C)C(=O)OC(C)(C)C. The minimum absolute atomic E-state index is 0.104. The molecule has 19 heavy (non-hydrogen) atoms. The highest BCUT2D eigenvalue weighted by Gasteiger charge is 2.20. The van der Waals surface area contributed by atoms with Crippen LogP contribution >= 0.6 is 0 Å². The van der Waals surface area contributed by atoms with E-state index in [1.54, 1.807) is 19.0 Å². The zero-order valence-electron chi connectivity index (χ0n) is 13.3. The summed E-state index contributed by atoms with van der Waals surface area (Å²) in [7, 11) is 3.43. The molecule has 0 aliphatic heterocycles. The highest BCUT2D eigenvalue weighted by Crippen LogP contribution is 2.09. The van der Waals surface area contributed by atoms with Crippen LogP contribution in [0.3, 0.4) is 0 Å². The van der Waals surface area contributed by atoms with E-state index in [1.807, 2.05) is 34.6 Å². The van der Waals surface area contributed by atoms with Crippen LogP contribution in [0.2, 0.25) is 0 Å². The van der Waals surface area contributed by atoms with Gasteiger partial charge in [-0.1, -0.05) is 13.8 Å². The molecule has 0 rings (SSSR count). The normalized spacial score (nSPS) is 11.4. The summed E-state index contributed by atoms with van der Waals surface area (Å²) in [5.41, 5.74) is -0.495. The monoisotopic (exact) mass is 272 g/mol. The van der Waals surface area contributed by atoms with Gasteiger partial charge in [0.1, 0.15) is 5.60 Å². The largest absolute Gasteiger partial charge is 0.444 e. The molecule has 0 spiro atoms. The number of ether oxygens (including phenoxy) is 1. The van der Waals surface area contributed by atoms with Crippen molar-refractivity contribution in [2.45, 2.75) is 46.6 Å². The average Bonchev–Trinajstić information content (AvgIpc) is 2.21. The topological polar surface area (TPSA) is 49.9 Å². The van der Waals surface area contributed by atoms with Gasteiger partial charge in [-0.05, 0) is 26.7 Å². The molecule has 0 aromatic rings. The van der Waals surface area contributed by atoms with Crippen molar-refractivity contribution in [3.8, 4) is 0 Å². The van der Waals surface area contributed by atoms with Gasteiger partial charge >= 0.3 is 6.09 Å². The summed E-state index contributed by atoms with van der Waals surface area (Å²) in [5.74, 6) is 0.450. The predicted octanol–water partition coefficient (Wildman–Crippen LogP) is 2.36. The smallest absolute Gasteiger partial charge is 0.410 e. The summed E-state index contributed by atoms with van der Waals surface area (Å²) in [6, 6.07) is 0. The summed E-state index contributed by atoms with van der Waals surface area (Å²) < 4.78 is 5.24. The van der Waals surface area contributed by atoms with Gasteiger partial charge in [-0.15, -0.1) is 0 Å². The first-order valence-corrected chi connectivity index (χ1v) is 6.71. The molecule has 0 bridgehead atoms. The van der Waals surface area contributed by atoms with Gasteiger partial charge in [0.05, 0.1) is 0 Å². The van der Waals surface area contributed by atoms with E-state index in [0.29, 0.717) is 25.4 Å². The van der Waals surface area contributed by atoms with Crippen LogP contribution in [0.25, 0.3) is 0 Å². The lowest BCUT2D eigenvalue weighted by Gasteiger charge is -2.26. The van der Waals surface area contributed by atoms with Crippen molar-refractivity contribution in [1.82, 2.24) is 9.80 Å². The number of carbonyl (C=O) groups is 2. The quantitative estimate of drug-likeness (QED) is 0.772. The van der Waals surface area contributed by atoms with Crippen molar-refractivity contribution in [1.29, 1.82) is 0 Å². The van der Waals surface area contributed by atoms with Crippen LogP contribution in [0, 0.1) is 5.92 Å². The Morgan fingerprint density at radius 1 is 1.05 bits per heavy atom. The van der Waals surface area contributed by atoms with Gasteiger partial charge < -0.3 is 14.5 Å². The van der Waals surface area contributed by atoms with Gasteiger partial charge in [0, 0.05) is 33.6 Å². The number of carbonyl (C=O) groups excluding carboxylic acids is 2. The van der Waals surface area contributed by atoms with Gasteiger partial charge in [-0.3, -0.25) is 4.79 Å². The lowest BCUT2D eigenvalue weighted by molar-refractivity contribution is -0.130. The van der Waals surface area contributed by atoms with Crippen molar-refractivity contribution in [3.05, 3.63) is 0 Å². The average molecular weight is 272 g/mol. The molecule has 0 atom stereocenters. The molecule has 0 aliphatic rings. The van der Waals surface area contributed by atoms with Crippen molar-refractivity contribution < 1.29 is 14.3 Å². The number of likely N-dealkylation sites (N-methyl/N-ethyl adjacent to an activating group) is 2. The fourth-order valence-corrected chi connectivity index (χ4v) is 1.36. The Bertz CT molecular complexity index is 308. The highest BCUT2D eigenvalue weighted by molar-refractivity contribution is 5.76. The van der Waals surface area contributed by atoms with Crippen LogP contribution < -0.4 is 0 Å². The van der Waals surface area contributed by atoms with Gasteiger partial charge in [-0.2, -0.15) is 0 Å². The molecule has 5 heteroatoms. The van der Waals surface area contributed by atoms with Crippen molar-refractivity contribution >= 4 is 12.0 Å². The predicted molar refractivity (Wildman–Crippen MR) is 76.0 cm³/mol. The Kier molecular flexibility index (Phi) is 6.87. The summed E-state index contributed by atoms with van der Waals surface area (Å²) in [4.78, 5) is 26.6. The zero-order chi connectivity index (χ0) is 15.2. The fraction of sp³-hybridized carbons (Fsp3) is 0.857. The summed E-state index contributed by atoms with van der Waals surface area (Å²) >= 11 is 0. The van der Waals surface area contributed by atoms with Crippen LogP contribution in [0.1, 0.15) is 41.0 Å². The van der Waals surface area contributed by atoms with E-state index in [9.17, 15) is 9.59 Å². The number of nitrogens with zero attached hydrogens (tertiary/aromatic N) is 2. The fourth-order valence-electron chi connectivity index (χ4n) is 1.36. The number of amides is 2. The van der Waals surface area contributed by atoms with E-state index in [0.717, 1.165) is 0 Å². The first kappa shape index (κ1) is 17.7. The first-order valence-electron chi connectivity index (χ1n) is 6.71. The van der Waals surface area contributed by atoms with Gasteiger partial charge in [0.25, 0.3) is 0 Å². The second kappa shape index (κ2) is 7.36. The Labute approximate surface area is 116 Å². The number of hydrogen-bond acceptors (Lipinski definition) is 3. The highest BCUT2D eigenvalue weighted by atomic mass is 16.6. The van der Waals surface area contributed by atoms with E-state index in [1.165, 1.54) is 4.90 Å². The molecule has 0 heterocycles.